The quantitative estimate of drug-likeness (QED) is 0.470. The van der Waals surface area contributed by atoms with Crippen molar-refractivity contribution in [3.05, 3.63) is 0 Å². The van der Waals surface area contributed by atoms with Crippen molar-refractivity contribution in [3.63, 3.8) is 0 Å². The van der Waals surface area contributed by atoms with E-state index in [2.05, 4.69) is 10.7 Å². The molecule has 0 aromatic rings. The zero-order chi connectivity index (χ0) is 10.5. The normalized spacial score (nSPS) is 12.7. The second kappa shape index (κ2) is 4.75. The van der Waals surface area contributed by atoms with E-state index in [-0.39, 0.29) is 6.42 Å². The fourth-order valence-electron chi connectivity index (χ4n) is 0.539. The number of hydrogen-bond acceptors (Lipinski definition) is 2. The van der Waals surface area contributed by atoms with Gasteiger partial charge in [0, 0.05) is 13.3 Å². The SMILES string of the molecule is CCC#CC(OC(C)=O)C(F)(F)F. The molecule has 0 aromatic carbocycles. The number of halogens is 3. The molecule has 0 aliphatic rings. The van der Waals surface area contributed by atoms with Crippen molar-refractivity contribution in [2.75, 3.05) is 0 Å². The van der Waals surface area contributed by atoms with E-state index in [0.29, 0.717) is 0 Å². The van der Waals surface area contributed by atoms with Crippen LogP contribution < -0.4 is 0 Å². The molecular weight excluding hydrogens is 185 g/mol. The molecule has 1 unspecified atom stereocenters. The van der Waals surface area contributed by atoms with E-state index in [1.165, 1.54) is 0 Å². The van der Waals surface area contributed by atoms with Crippen molar-refractivity contribution in [2.24, 2.45) is 0 Å². The number of rotatable bonds is 1. The highest BCUT2D eigenvalue weighted by Crippen LogP contribution is 2.22. The van der Waals surface area contributed by atoms with Gasteiger partial charge in [-0.2, -0.15) is 13.2 Å². The number of carbonyl (C=O) groups is 1. The maximum absolute atomic E-state index is 12.0. The molecule has 0 saturated heterocycles. The molecule has 0 spiro atoms. The van der Waals surface area contributed by atoms with E-state index in [9.17, 15) is 18.0 Å². The van der Waals surface area contributed by atoms with E-state index in [4.69, 9.17) is 0 Å². The van der Waals surface area contributed by atoms with Crippen LogP contribution in [-0.4, -0.2) is 18.2 Å². The monoisotopic (exact) mass is 194 g/mol. The first-order valence-electron chi connectivity index (χ1n) is 3.60. The van der Waals surface area contributed by atoms with Gasteiger partial charge < -0.3 is 4.74 Å². The van der Waals surface area contributed by atoms with Gasteiger partial charge in [-0.25, -0.2) is 0 Å². The summed E-state index contributed by atoms with van der Waals surface area (Å²) < 4.78 is 40.1. The molecule has 5 heteroatoms. The molecule has 0 heterocycles. The van der Waals surface area contributed by atoms with Gasteiger partial charge in [-0.15, -0.1) is 0 Å². The van der Waals surface area contributed by atoms with Crippen LogP contribution in [0.5, 0.6) is 0 Å². The summed E-state index contributed by atoms with van der Waals surface area (Å²) >= 11 is 0. The Labute approximate surface area is 74.1 Å². The van der Waals surface area contributed by atoms with Crippen LogP contribution in [-0.2, 0) is 9.53 Å². The maximum atomic E-state index is 12.0. The first-order chi connectivity index (χ1) is 5.88. The molecule has 0 bridgehead atoms. The summed E-state index contributed by atoms with van der Waals surface area (Å²) in [4.78, 5) is 10.3. The zero-order valence-electron chi connectivity index (χ0n) is 7.23. The highest BCUT2D eigenvalue weighted by atomic mass is 19.4. The third-order valence-corrected chi connectivity index (χ3v) is 0.991. The van der Waals surface area contributed by atoms with Gasteiger partial charge in [0.1, 0.15) is 0 Å². The average molecular weight is 194 g/mol. The molecule has 0 aliphatic heterocycles. The third kappa shape index (κ3) is 5.12. The minimum atomic E-state index is -4.62. The fourth-order valence-corrected chi connectivity index (χ4v) is 0.539. The number of ether oxygens (including phenoxy) is 1. The molecule has 2 nitrogen and oxygen atoms in total. The molecule has 0 amide bonds. The summed E-state index contributed by atoms with van der Waals surface area (Å²) in [7, 11) is 0. The van der Waals surface area contributed by atoms with Gasteiger partial charge in [0.15, 0.2) is 0 Å². The molecule has 1 atom stereocenters. The van der Waals surface area contributed by atoms with Crippen molar-refractivity contribution >= 4 is 5.97 Å². The Bertz CT molecular complexity index is 234. The van der Waals surface area contributed by atoms with Gasteiger partial charge >= 0.3 is 12.1 Å². The Balaban J connectivity index is 4.47. The predicted molar refractivity (Wildman–Crippen MR) is 39.7 cm³/mol. The first kappa shape index (κ1) is 11.8. The maximum Gasteiger partial charge on any atom is 0.437 e. The molecule has 0 aromatic heterocycles. The second-order valence-corrected chi connectivity index (χ2v) is 2.21. The molecule has 0 N–H and O–H groups in total. The molecule has 13 heavy (non-hydrogen) atoms. The number of hydrogen-bond donors (Lipinski definition) is 0. The van der Waals surface area contributed by atoms with Gasteiger partial charge in [-0.05, 0) is 5.92 Å². The lowest BCUT2D eigenvalue weighted by molar-refractivity contribution is -0.204. The van der Waals surface area contributed by atoms with Gasteiger partial charge in [0.25, 0.3) is 6.10 Å². The van der Waals surface area contributed by atoms with E-state index in [0.717, 1.165) is 6.92 Å². The Kier molecular flexibility index (Phi) is 4.32. The molecule has 74 valence electrons. The predicted octanol–water partition coefficient (Wildman–Crippen LogP) is 1.89. The Hall–Kier alpha value is -1.18. The molecular formula is C8H9F3O2. The Morgan fingerprint density at radius 1 is 1.54 bits per heavy atom. The van der Waals surface area contributed by atoms with E-state index < -0.39 is 18.2 Å². The largest absolute Gasteiger partial charge is 0.439 e. The lowest BCUT2D eigenvalue weighted by Gasteiger charge is -2.13. The summed E-state index contributed by atoms with van der Waals surface area (Å²) in [5, 5.41) is 0. The van der Waals surface area contributed by atoms with Gasteiger partial charge in [-0.1, -0.05) is 12.8 Å². The van der Waals surface area contributed by atoms with Gasteiger partial charge in [-0.3, -0.25) is 4.79 Å². The number of esters is 1. The van der Waals surface area contributed by atoms with E-state index in [1.54, 1.807) is 6.92 Å². The summed E-state index contributed by atoms with van der Waals surface area (Å²) in [5.41, 5.74) is 0. The smallest absolute Gasteiger partial charge is 0.437 e. The standard InChI is InChI=1S/C8H9F3O2/c1-3-4-5-7(8(9,10)11)13-6(2)12/h7H,3H2,1-2H3. The Morgan fingerprint density at radius 2 is 2.08 bits per heavy atom. The topological polar surface area (TPSA) is 26.3 Å². The molecule has 0 fully saturated rings. The minimum Gasteiger partial charge on any atom is -0.439 e. The van der Waals surface area contributed by atoms with Crippen LogP contribution >= 0.6 is 0 Å². The number of carbonyl (C=O) groups excluding carboxylic acids is 1. The van der Waals surface area contributed by atoms with Crippen molar-refractivity contribution in [2.45, 2.75) is 32.5 Å². The van der Waals surface area contributed by atoms with Crippen LogP contribution in [0.2, 0.25) is 0 Å². The van der Waals surface area contributed by atoms with Crippen molar-refractivity contribution in [1.82, 2.24) is 0 Å². The lowest BCUT2D eigenvalue weighted by Crippen LogP contribution is -2.31. The first-order valence-corrected chi connectivity index (χ1v) is 3.60. The molecule has 0 saturated carbocycles. The van der Waals surface area contributed by atoms with E-state index >= 15 is 0 Å². The highest BCUT2D eigenvalue weighted by Gasteiger charge is 2.41. The van der Waals surface area contributed by atoms with Crippen molar-refractivity contribution in [1.29, 1.82) is 0 Å². The van der Waals surface area contributed by atoms with Crippen LogP contribution in [0.1, 0.15) is 20.3 Å². The lowest BCUT2D eigenvalue weighted by atomic mass is 10.3. The van der Waals surface area contributed by atoms with E-state index in [1.807, 2.05) is 5.92 Å². The Morgan fingerprint density at radius 3 is 2.38 bits per heavy atom. The van der Waals surface area contributed by atoms with Crippen LogP contribution in [0.3, 0.4) is 0 Å². The number of alkyl halides is 3. The molecule has 0 rings (SSSR count). The minimum absolute atomic E-state index is 0.286. The van der Waals surface area contributed by atoms with Crippen LogP contribution in [0.15, 0.2) is 0 Å². The summed E-state index contributed by atoms with van der Waals surface area (Å²) in [5.74, 6) is 3.04. The zero-order valence-corrected chi connectivity index (χ0v) is 7.23. The summed E-state index contributed by atoms with van der Waals surface area (Å²) in [6, 6.07) is 0. The molecule has 0 radical (unpaired) electrons. The molecule has 0 aliphatic carbocycles. The average Bonchev–Trinajstić information content (AvgIpc) is 1.95. The van der Waals surface area contributed by atoms with Crippen molar-refractivity contribution < 1.29 is 22.7 Å². The van der Waals surface area contributed by atoms with Crippen LogP contribution in [0, 0.1) is 11.8 Å². The van der Waals surface area contributed by atoms with Gasteiger partial charge in [0.2, 0.25) is 0 Å². The van der Waals surface area contributed by atoms with Gasteiger partial charge in [0.05, 0.1) is 0 Å². The van der Waals surface area contributed by atoms with Crippen LogP contribution in [0.25, 0.3) is 0 Å². The summed E-state index contributed by atoms with van der Waals surface area (Å²) in [6.07, 6.45) is -6.63. The van der Waals surface area contributed by atoms with Crippen LogP contribution in [0.4, 0.5) is 13.2 Å². The highest BCUT2D eigenvalue weighted by molar-refractivity contribution is 5.66. The summed E-state index contributed by atoms with van der Waals surface area (Å²) in [6.45, 7) is 2.51. The fraction of sp³-hybridized carbons (Fsp3) is 0.625. The third-order valence-electron chi connectivity index (χ3n) is 0.991. The van der Waals surface area contributed by atoms with Crippen molar-refractivity contribution in [3.8, 4) is 11.8 Å². The second-order valence-electron chi connectivity index (χ2n) is 2.21.